The lowest BCUT2D eigenvalue weighted by molar-refractivity contribution is 0.230. The second kappa shape index (κ2) is 10.2. The van der Waals surface area contributed by atoms with E-state index in [2.05, 4.69) is 85.3 Å². The van der Waals surface area contributed by atoms with Crippen LogP contribution >= 0.6 is 31.9 Å². The molecule has 1 unspecified atom stereocenters. The van der Waals surface area contributed by atoms with Gasteiger partial charge in [-0.05, 0) is 52.6 Å². The van der Waals surface area contributed by atoms with Crippen molar-refractivity contribution in [1.82, 2.24) is 4.90 Å². The molecule has 0 spiro atoms. The molecule has 2 heterocycles. The predicted molar refractivity (Wildman–Crippen MR) is 146 cm³/mol. The first-order valence-corrected chi connectivity index (χ1v) is 12.9. The van der Waals surface area contributed by atoms with Gasteiger partial charge < -0.3 is 10.5 Å². The Morgan fingerprint density at radius 1 is 0.943 bits per heavy atom. The molecule has 0 bridgehead atoms. The summed E-state index contributed by atoms with van der Waals surface area (Å²) in [4.78, 5) is 2.39. The van der Waals surface area contributed by atoms with Crippen molar-refractivity contribution < 1.29 is 4.74 Å². The molecule has 2 aliphatic heterocycles. The molecule has 3 aromatic rings. The van der Waals surface area contributed by atoms with Crippen molar-refractivity contribution in [3.05, 3.63) is 133 Å². The lowest BCUT2D eigenvalue weighted by Gasteiger charge is -2.38. The average Bonchev–Trinajstić information content (AvgIpc) is 2.86. The van der Waals surface area contributed by atoms with Crippen molar-refractivity contribution in [2.45, 2.75) is 12.5 Å². The Hall–Kier alpha value is -3.11. The molecule has 4 nitrogen and oxygen atoms in total. The Kier molecular flexibility index (Phi) is 6.92. The third kappa shape index (κ3) is 5.13. The minimum Gasteiger partial charge on any atom is -0.440 e. The van der Waals surface area contributed by atoms with E-state index in [9.17, 15) is 5.26 Å². The van der Waals surface area contributed by atoms with Gasteiger partial charge in [-0.2, -0.15) is 5.26 Å². The van der Waals surface area contributed by atoms with E-state index in [4.69, 9.17) is 10.5 Å². The number of allylic oxidation sites excluding steroid dienone is 1. The molecule has 2 N–H and O–H groups in total. The van der Waals surface area contributed by atoms with Gasteiger partial charge in [-0.1, -0.05) is 86.5 Å². The molecule has 0 radical (unpaired) electrons. The van der Waals surface area contributed by atoms with Crippen molar-refractivity contribution in [2.75, 3.05) is 13.1 Å². The smallest absolute Gasteiger partial charge is 0.205 e. The standard InChI is InChI=1S/C29H23Br2N3O/c30-23-10-6-19(7-11-23)14-22-17-34(16-20-4-2-1-3-5-20)18-26-27(21-8-12-24(31)13-9-21)25(15-32)29(33)35-28(22)26/h1-14,27H,16-18,33H2/b22-14+. The summed E-state index contributed by atoms with van der Waals surface area (Å²) in [5, 5.41) is 10.0. The normalized spacial score (nSPS) is 19.3. The Morgan fingerprint density at radius 2 is 1.60 bits per heavy atom. The van der Waals surface area contributed by atoms with E-state index in [0.29, 0.717) is 18.7 Å². The maximum atomic E-state index is 10.0. The van der Waals surface area contributed by atoms with Gasteiger partial charge in [0.05, 0.1) is 5.92 Å². The van der Waals surface area contributed by atoms with Crippen LogP contribution in [0.2, 0.25) is 0 Å². The van der Waals surface area contributed by atoms with E-state index >= 15 is 0 Å². The molecule has 5 rings (SSSR count). The second-order valence-corrected chi connectivity index (χ2v) is 10.5. The van der Waals surface area contributed by atoms with E-state index < -0.39 is 0 Å². The molecule has 0 amide bonds. The molecule has 2 aliphatic rings. The molecule has 0 aliphatic carbocycles. The highest BCUT2D eigenvalue weighted by atomic mass is 79.9. The van der Waals surface area contributed by atoms with Gasteiger partial charge in [0, 0.05) is 34.2 Å². The quantitative estimate of drug-likeness (QED) is 0.361. The number of ether oxygens (including phenoxy) is 1. The fraction of sp³-hybridized carbons (Fsp3) is 0.138. The van der Waals surface area contributed by atoms with Gasteiger partial charge >= 0.3 is 0 Å². The summed E-state index contributed by atoms with van der Waals surface area (Å²) in [6.45, 7) is 2.19. The lowest BCUT2D eigenvalue weighted by atomic mass is 9.80. The molecule has 0 aromatic heterocycles. The minimum atomic E-state index is -0.260. The maximum Gasteiger partial charge on any atom is 0.205 e. The van der Waals surface area contributed by atoms with Crippen LogP contribution < -0.4 is 5.73 Å². The van der Waals surface area contributed by atoms with Crippen molar-refractivity contribution in [1.29, 1.82) is 5.26 Å². The van der Waals surface area contributed by atoms with Crippen LogP contribution in [0.3, 0.4) is 0 Å². The highest BCUT2D eigenvalue weighted by Crippen LogP contribution is 2.44. The number of nitrogens with zero attached hydrogens (tertiary/aromatic N) is 2. The molecule has 0 fully saturated rings. The topological polar surface area (TPSA) is 62.3 Å². The van der Waals surface area contributed by atoms with Crippen LogP contribution in [0.4, 0.5) is 0 Å². The molecule has 6 heteroatoms. The fourth-order valence-corrected chi connectivity index (χ4v) is 5.22. The minimum absolute atomic E-state index is 0.178. The van der Waals surface area contributed by atoms with Crippen LogP contribution in [0.15, 0.2) is 116 Å². The molecular weight excluding hydrogens is 566 g/mol. The molecule has 35 heavy (non-hydrogen) atoms. The third-order valence-electron chi connectivity index (χ3n) is 6.27. The summed E-state index contributed by atoms with van der Waals surface area (Å²) in [7, 11) is 0. The van der Waals surface area contributed by atoms with Crippen molar-refractivity contribution in [3.63, 3.8) is 0 Å². The van der Waals surface area contributed by atoms with E-state index in [0.717, 1.165) is 43.5 Å². The van der Waals surface area contributed by atoms with E-state index in [-0.39, 0.29) is 11.8 Å². The van der Waals surface area contributed by atoms with Crippen LogP contribution in [0.5, 0.6) is 0 Å². The summed E-state index contributed by atoms with van der Waals surface area (Å²) in [5.41, 5.74) is 12.2. The number of rotatable bonds is 4. The Bertz CT molecular complexity index is 1370. The highest BCUT2D eigenvalue weighted by Gasteiger charge is 2.37. The van der Waals surface area contributed by atoms with Crippen molar-refractivity contribution >= 4 is 37.9 Å². The maximum absolute atomic E-state index is 10.0. The predicted octanol–water partition coefficient (Wildman–Crippen LogP) is 6.87. The third-order valence-corrected chi connectivity index (χ3v) is 7.33. The first-order chi connectivity index (χ1) is 17.0. The summed E-state index contributed by atoms with van der Waals surface area (Å²) in [6.07, 6.45) is 2.15. The summed E-state index contributed by atoms with van der Waals surface area (Å²) in [6, 6.07) is 29.1. The van der Waals surface area contributed by atoms with Gasteiger partial charge in [0.25, 0.3) is 0 Å². The largest absolute Gasteiger partial charge is 0.440 e. The summed E-state index contributed by atoms with van der Waals surface area (Å²) >= 11 is 7.04. The Morgan fingerprint density at radius 3 is 2.26 bits per heavy atom. The molecular formula is C29H23Br2N3O. The number of benzene rings is 3. The first-order valence-electron chi connectivity index (χ1n) is 11.3. The van der Waals surface area contributed by atoms with Gasteiger partial charge in [0.2, 0.25) is 5.88 Å². The molecule has 174 valence electrons. The number of nitriles is 1. The number of hydrogen-bond acceptors (Lipinski definition) is 4. The number of nitrogens with two attached hydrogens (primary N) is 1. The van der Waals surface area contributed by atoms with E-state index in [1.165, 1.54) is 5.56 Å². The summed E-state index contributed by atoms with van der Waals surface area (Å²) in [5.74, 6) is 0.697. The highest BCUT2D eigenvalue weighted by molar-refractivity contribution is 9.10. The van der Waals surface area contributed by atoms with Gasteiger partial charge in [-0.3, -0.25) is 4.90 Å². The van der Waals surface area contributed by atoms with Crippen LogP contribution in [-0.2, 0) is 11.3 Å². The number of hydrogen-bond donors (Lipinski definition) is 1. The zero-order chi connectivity index (χ0) is 24.4. The zero-order valence-electron chi connectivity index (χ0n) is 18.9. The molecule has 0 saturated carbocycles. The monoisotopic (exact) mass is 587 g/mol. The Balaban J connectivity index is 1.62. The van der Waals surface area contributed by atoms with Crippen molar-refractivity contribution in [3.8, 4) is 6.07 Å². The second-order valence-electron chi connectivity index (χ2n) is 8.68. The van der Waals surface area contributed by atoms with Crippen LogP contribution in [0, 0.1) is 11.3 Å². The van der Waals surface area contributed by atoms with E-state index in [1.54, 1.807) is 0 Å². The summed E-state index contributed by atoms with van der Waals surface area (Å²) < 4.78 is 8.20. The zero-order valence-corrected chi connectivity index (χ0v) is 22.1. The first kappa shape index (κ1) is 23.6. The van der Waals surface area contributed by atoms with Gasteiger partial charge in [0.15, 0.2) is 0 Å². The van der Waals surface area contributed by atoms with Gasteiger partial charge in [-0.15, -0.1) is 0 Å². The van der Waals surface area contributed by atoms with Crippen LogP contribution in [0.25, 0.3) is 6.08 Å². The number of halogens is 2. The van der Waals surface area contributed by atoms with Crippen molar-refractivity contribution in [2.24, 2.45) is 5.73 Å². The fourth-order valence-electron chi connectivity index (χ4n) is 4.69. The van der Waals surface area contributed by atoms with Crippen LogP contribution in [0.1, 0.15) is 22.6 Å². The average molecular weight is 589 g/mol. The molecule has 1 atom stereocenters. The van der Waals surface area contributed by atoms with Crippen LogP contribution in [-0.4, -0.2) is 18.0 Å². The SMILES string of the molecule is N#CC1=C(N)OC2=C(CN(Cc3ccccc3)C/C2=C\c2ccc(Br)cc2)C1c1ccc(Br)cc1. The Labute approximate surface area is 222 Å². The lowest BCUT2D eigenvalue weighted by Crippen LogP contribution is -2.37. The van der Waals surface area contributed by atoms with Gasteiger partial charge in [-0.25, -0.2) is 0 Å². The molecule has 0 saturated heterocycles. The van der Waals surface area contributed by atoms with E-state index in [1.807, 2.05) is 42.5 Å². The van der Waals surface area contributed by atoms with Gasteiger partial charge in [0.1, 0.15) is 17.4 Å². The molecule has 3 aromatic carbocycles.